The van der Waals surface area contributed by atoms with Crippen LogP contribution in [0.2, 0.25) is 0 Å². The van der Waals surface area contributed by atoms with E-state index in [0.717, 1.165) is 0 Å². The number of hydrogen-bond acceptors (Lipinski definition) is 8. The highest BCUT2D eigenvalue weighted by atomic mass is 32.2. The molecular formula is C36H28N2O6S. The maximum Gasteiger partial charge on any atom is 0.206 e. The summed E-state index contributed by atoms with van der Waals surface area (Å²) in [7, 11) is -3.75. The molecular weight excluding hydrogens is 588 g/mol. The topological polar surface area (TPSA) is 123 Å². The summed E-state index contributed by atoms with van der Waals surface area (Å²) in [5.41, 5.74) is 12.7. The van der Waals surface area contributed by atoms with Crippen molar-refractivity contribution in [3.8, 4) is 46.0 Å². The average molecular weight is 617 g/mol. The summed E-state index contributed by atoms with van der Waals surface area (Å²) >= 11 is 0. The van der Waals surface area contributed by atoms with E-state index in [1.807, 2.05) is 0 Å². The molecule has 6 aromatic carbocycles. The van der Waals surface area contributed by atoms with Gasteiger partial charge in [0.1, 0.15) is 46.0 Å². The second-order valence-corrected chi connectivity index (χ2v) is 11.9. The standard InChI is InChI=1S/C36H28N2O6S/c37-25-1-5-27(6-2-25)41-29-9-13-31(14-10-29)43-33-17-21-35(22-18-33)45(39,40)36-23-19-34(20-24-36)44-32-15-11-30(12-16-32)42-28-7-3-26(38)4-8-28/h1-24H,37-38H2. The molecule has 9 heteroatoms. The molecule has 6 aromatic rings. The summed E-state index contributed by atoms with van der Waals surface area (Å²) in [5.74, 6) is 4.77. The Kier molecular flexibility index (Phi) is 8.26. The first-order chi connectivity index (χ1) is 21.8. The van der Waals surface area contributed by atoms with Crippen molar-refractivity contribution in [3.63, 3.8) is 0 Å². The molecule has 0 aliphatic heterocycles. The van der Waals surface area contributed by atoms with E-state index >= 15 is 0 Å². The molecule has 0 bridgehead atoms. The predicted octanol–water partition coefficient (Wildman–Crippen LogP) is 8.85. The van der Waals surface area contributed by atoms with Gasteiger partial charge in [-0.3, -0.25) is 0 Å². The van der Waals surface area contributed by atoms with Crippen molar-refractivity contribution in [1.29, 1.82) is 0 Å². The Bertz CT molecular complexity index is 1830. The van der Waals surface area contributed by atoms with Crippen LogP contribution in [0, 0.1) is 0 Å². The van der Waals surface area contributed by atoms with Gasteiger partial charge in [0.15, 0.2) is 0 Å². The number of sulfone groups is 1. The molecule has 0 spiro atoms. The number of anilines is 2. The van der Waals surface area contributed by atoms with Crippen LogP contribution >= 0.6 is 0 Å². The average Bonchev–Trinajstić information content (AvgIpc) is 3.06. The lowest BCUT2D eigenvalue weighted by Gasteiger charge is -2.10. The molecule has 0 aromatic heterocycles. The minimum atomic E-state index is -3.75. The fraction of sp³-hybridized carbons (Fsp3) is 0. The molecule has 0 aliphatic carbocycles. The molecule has 6 rings (SSSR count). The van der Waals surface area contributed by atoms with Crippen LogP contribution in [0.15, 0.2) is 155 Å². The van der Waals surface area contributed by atoms with Gasteiger partial charge in [-0.1, -0.05) is 0 Å². The highest BCUT2D eigenvalue weighted by Gasteiger charge is 2.18. The molecule has 8 nitrogen and oxygen atoms in total. The van der Waals surface area contributed by atoms with Crippen LogP contribution in [0.3, 0.4) is 0 Å². The molecule has 0 saturated carbocycles. The van der Waals surface area contributed by atoms with Crippen molar-refractivity contribution >= 4 is 21.2 Å². The number of nitrogens with two attached hydrogens (primary N) is 2. The molecule has 4 N–H and O–H groups in total. The monoisotopic (exact) mass is 616 g/mol. The Hall–Kier alpha value is -5.93. The maximum atomic E-state index is 13.3. The van der Waals surface area contributed by atoms with Gasteiger partial charge < -0.3 is 30.4 Å². The lowest BCUT2D eigenvalue weighted by Crippen LogP contribution is -2.01. The number of nitrogen functional groups attached to an aromatic ring is 2. The van der Waals surface area contributed by atoms with Crippen LogP contribution in [0.5, 0.6) is 46.0 Å². The van der Waals surface area contributed by atoms with Crippen molar-refractivity contribution in [2.24, 2.45) is 0 Å². The predicted molar refractivity (Wildman–Crippen MR) is 173 cm³/mol. The van der Waals surface area contributed by atoms with Crippen LogP contribution in [0.1, 0.15) is 0 Å². The lowest BCUT2D eigenvalue weighted by atomic mass is 10.3. The Morgan fingerprint density at radius 3 is 0.711 bits per heavy atom. The molecule has 224 valence electrons. The zero-order valence-corrected chi connectivity index (χ0v) is 24.7. The zero-order valence-electron chi connectivity index (χ0n) is 23.9. The summed E-state index contributed by atoms with van der Waals surface area (Å²) in [6.45, 7) is 0. The molecule has 0 atom stereocenters. The van der Waals surface area contributed by atoms with E-state index in [0.29, 0.717) is 57.4 Å². The Labute approximate surface area is 260 Å². The summed E-state index contributed by atoms with van der Waals surface area (Å²) in [6, 6.07) is 41.0. The lowest BCUT2D eigenvalue weighted by molar-refractivity contribution is 0.469. The molecule has 0 radical (unpaired) electrons. The van der Waals surface area contributed by atoms with Gasteiger partial charge in [0, 0.05) is 11.4 Å². The largest absolute Gasteiger partial charge is 0.457 e. The first kappa shape index (κ1) is 29.2. The summed E-state index contributed by atoms with van der Waals surface area (Å²) in [4.78, 5) is 0.292. The highest BCUT2D eigenvalue weighted by Crippen LogP contribution is 2.31. The highest BCUT2D eigenvalue weighted by molar-refractivity contribution is 7.91. The fourth-order valence-corrected chi connectivity index (χ4v) is 5.54. The number of hydrogen-bond donors (Lipinski definition) is 2. The van der Waals surface area contributed by atoms with Crippen molar-refractivity contribution < 1.29 is 27.4 Å². The van der Waals surface area contributed by atoms with E-state index in [4.69, 9.17) is 30.4 Å². The van der Waals surface area contributed by atoms with Crippen LogP contribution < -0.4 is 30.4 Å². The van der Waals surface area contributed by atoms with Gasteiger partial charge in [0.05, 0.1) is 9.79 Å². The first-order valence-electron chi connectivity index (χ1n) is 13.9. The van der Waals surface area contributed by atoms with Gasteiger partial charge in [-0.05, 0) is 146 Å². The number of rotatable bonds is 10. The van der Waals surface area contributed by atoms with E-state index < -0.39 is 9.84 Å². The van der Waals surface area contributed by atoms with E-state index in [-0.39, 0.29) is 9.79 Å². The Balaban J connectivity index is 1.05. The fourth-order valence-electron chi connectivity index (χ4n) is 4.28. The molecule has 0 heterocycles. The zero-order chi connectivity index (χ0) is 31.2. The van der Waals surface area contributed by atoms with Gasteiger partial charge in [-0.25, -0.2) is 8.42 Å². The van der Waals surface area contributed by atoms with E-state index in [2.05, 4.69) is 0 Å². The third-order valence-electron chi connectivity index (χ3n) is 6.62. The van der Waals surface area contributed by atoms with Crippen molar-refractivity contribution in [3.05, 3.63) is 146 Å². The summed E-state index contributed by atoms with van der Waals surface area (Å²) in [5, 5.41) is 0. The number of ether oxygens (including phenoxy) is 4. The Morgan fingerprint density at radius 2 is 0.489 bits per heavy atom. The SMILES string of the molecule is Nc1ccc(Oc2ccc(Oc3ccc(S(=O)(=O)c4ccc(Oc5ccc(Oc6ccc(N)cc6)cc5)cc4)cc3)cc2)cc1. The number of benzene rings is 6. The van der Waals surface area contributed by atoms with Crippen molar-refractivity contribution in [2.45, 2.75) is 9.79 Å². The van der Waals surface area contributed by atoms with Crippen LogP contribution in [0.4, 0.5) is 11.4 Å². The second kappa shape index (κ2) is 12.7. The quantitative estimate of drug-likeness (QED) is 0.146. The smallest absolute Gasteiger partial charge is 0.206 e. The Morgan fingerprint density at radius 1 is 0.311 bits per heavy atom. The van der Waals surface area contributed by atoms with Crippen LogP contribution in [-0.4, -0.2) is 8.42 Å². The minimum absolute atomic E-state index is 0.146. The van der Waals surface area contributed by atoms with Gasteiger partial charge in [-0.2, -0.15) is 0 Å². The van der Waals surface area contributed by atoms with Crippen molar-refractivity contribution in [1.82, 2.24) is 0 Å². The molecule has 0 fully saturated rings. The maximum absolute atomic E-state index is 13.3. The second-order valence-electron chi connectivity index (χ2n) is 9.94. The van der Waals surface area contributed by atoms with E-state index in [9.17, 15) is 8.42 Å². The summed E-state index contributed by atoms with van der Waals surface area (Å²) < 4.78 is 49.9. The first-order valence-corrected chi connectivity index (χ1v) is 15.4. The molecule has 0 saturated heterocycles. The van der Waals surface area contributed by atoms with Gasteiger partial charge in [0.25, 0.3) is 0 Å². The molecule has 45 heavy (non-hydrogen) atoms. The van der Waals surface area contributed by atoms with Crippen LogP contribution in [-0.2, 0) is 9.84 Å². The van der Waals surface area contributed by atoms with E-state index in [1.54, 1.807) is 121 Å². The minimum Gasteiger partial charge on any atom is -0.457 e. The normalized spacial score (nSPS) is 11.0. The van der Waals surface area contributed by atoms with Gasteiger partial charge in [-0.15, -0.1) is 0 Å². The summed E-state index contributed by atoms with van der Waals surface area (Å²) in [6.07, 6.45) is 0. The van der Waals surface area contributed by atoms with Crippen LogP contribution in [0.25, 0.3) is 0 Å². The van der Waals surface area contributed by atoms with Gasteiger partial charge in [0.2, 0.25) is 9.84 Å². The molecule has 0 amide bonds. The van der Waals surface area contributed by atoms with Gasteiger partial charge >= 0.3 is 0 Å². The van der Waals surface area contributed by atoms with E-state index in [1.165, 1.54) is 24.3 Å². The van der Waals surface area contributed by atoms with Crippen molar-refractivity contribution in [2.75, 3.05) is 11.5 Å². The molecule has 0 aliphatic rings. The third kappa shape index (κ3) is 7.35. The molecule has 0 unspecified atom stereocenters. The third-order valence-corrected chi connectivity index (χ3v) is 8.40.